The van der Waals surface area contributed by atoms with Gasteiger partial charge in [-0.3, -0.25) is 0 Å². The minimum absolute atomic E-state index is 0.557. The highest BCUT2D eigenvalue weighted by molar-refractivity contribution is 8.22. The van der Waals surface area contributed by atoms with Crippen LogP contribution in [0.4, 0.5) is 0 Å². The zero-order valence-electron chi connectivity index (χ0n) is 8.43. The lowest BCUT2D eigenvalue weighted by molar-refractivity contribution is 0.772. The zero-order valence-corrected chi connectivity index (χ0v) is 10.1. The van der Waals surface area contributed by atoms with E-state index in [1.54, 1.807) is 11.8 Å². The molecular weight excluding hydrogens is 186 g/mol. The highest BCUT2D eigenvalue weighted by atomic mass is 32.2. The molecule has 12 heavy (non-hydrogen) atoms. The zero-order chi connectivity index (χ0) is 9.82. The molecule has 1 nitrogen and oxygen atoms in total. The van der Waals surface area contributed by atoms with Gasteiger partial charge in [-0.2, -0.15) is 0 Å². The summed E-state index contributed by atoms with van der Waals surface area (Å²) in [7, 11) is 0. The maximum absolute atomic E-state index is 5.17. The Kier molecular flexibility index (Phi) is 17.0. The van der Waals surface area contributed by atoms with Gasteiger partial charge in [-0.15, -0.1) is 0 Å². The highest BCUT2D eigenvalue weighted by Gasteiger charge is 1.84. The van der Waals surface area contributed by atoms with Crippen molar-refractivity contribution < 1.29 is 0 Å². The molecule has 0 heterocycles. The first-order chi connectivity index (χ1) is 5.68. The minimum atomic E-state index is 0.557. The van der Waals surface area contributed by atoms with Crippen LogP contribution in [0.25, 0.3) is 0 Å². The average molecular weight is 207 g/mol. The van der Waals surface area contributed by atoms with Gasteiger partial charge in [0.2, 0.25) is 0 Å². The summed E-state index contributed by atoms with van der Waals surface area (Å²) in [4.78, 5) is 0. The Morgan fingerprint density at radius 2 is 1.67 bits per heavy atom. The van der Waals surface area contributed by atoms with Crippen LogP contribution in [0.2, 0.25) is 0 Å². The fourth-order valence-electron chi connectivity index (χ4n) is 0.556. The number of thiocarbonyl (C=S) groups is 1. The van der Waals surface area contributed by atoms with Gasteiger partial charge in [0, 0.05) is 0 Å². The minimum Gasteiger partial charge on any atom is -0.385 e. The maximum atomic E-state index is 5.17. The maximum Gasteiger partial charge on any atom is 0.131 e. The summed E-state index contributed by atoms with van der Waals surface area (Å²) in [6, 6.07) is 0. The molecule has 0 saturated heterocycles. The van der Waals surface area contributed by atoms with Crippen molar-refractivity contribution >= 4 is 28.3 Å². The molecule has 0 rings (SSSR count). The Balaban J connectivity index is 0. The molecule has 0 aromatic rings. The first kappa shape index (κ1) is 14.7. The van der Waals surface area contributed by atoms with Crippen molar-refractivity contribution in [3.05, 3.63) is 0 Å². The van der Waals surface area contributed by atoms with Crippen LogP contribution >= 0.6 is 24.0 Å². The second kappa shape index (κ2) is 13.8. The van der Waals surface area contributed by atoms with E-state index in [2.05, 4.69) is 33.0 Å². The third kappa shape index (κ3) is 22.5. The number of rotatable bonds is 4. The molecule has 0 aliphatic heterocycles. The largest absolute Gasteiger partial charge is 0.385 e. The van der Waals surface area contributed by atoms with E-state index in [1.807, 2.05) is 0 Å². The number of unbranched alkanes of at least 4 members (excludes halogenated alkanes) is 2. The molecule has 3 heteroatoms. The first-order valence-corrected chi connectivity index (χ1v) is 6.00. The molecule has 0 amide bonds. The summed E-state index contributed by atoms with van der Waals surface area (Å²) in [6.07, 6.45) is 5.22. The molecule has 0 aliphatic rings. The van der Waals surface area contributed by atoms with Crippen LogP contribution in [0.15, 0.2) is 0 Å². The van der Waals surface area contributed by atoms with Crippen LogP contribution in [0.3, 0.4) is 0 Å². The van der Waals surface area contributed by atoms with E-state index in [0.717, 1.165) is 12.2 Å². The number of hydrogen-bond acceptors (Lipinski definition) is 2. The van der Waals surface area contributed by atoms with Crippen LogP contribution < -0.4 is 5.73 Å². The van der Waals surface area contributed by atoms with Crippen molar-refractivity contribution in [2.45, 2.75) is 46.5 Å². The van der Waals surface area contributed by atoms with Gasteiger partial charge in [-0.25, -0.2) is 0 Å². The Morgan fingerprint density at radius 1 is 1.17 bits per heavy atom. The third-order valence-electron chi connectivity index (χ3n) is 1.16. The molecule has 2 N–H and O–H groups in total. The van der Waals surface area contributed by atoms with Crippen molar-refractivity contribution in [3.8, 4) is 0 Å². The van der Waals surface area contributed by atoms with Crippen LogP contribution in [0.5, 0.6) is 0 Å². The molecule has 0 fully saturated rings. The molecule has 0 atom stereocenters. The predicted octanol–water partition coefficient (Wildman–Crippen LogP) is 3.57. The molecule has 0 spiro atoms. The van der Waals surface area contributed by atoms with Crippen molar-refractivity contribution in [3.63, 3.8) is 0 Å². The second-order valence-corrected chi connectivity index (χ2v) is 4.36. The second-order valence-electron chi connectivity index (χ2n) is 2.52. The van der Waals surface area contributed by atoms with Crippen molar-refractivity contribution in [1.29, 1.82) is 0 Å². The Bertz CT molecular complexity index is 92.5. The van der Waals surface area contributed by atoms with E-state index >= 15 is 0 Å². The van der Waals surface area contributed by atoms with Crippen LogP contribution in [-0.2, 0) is 0 Å². The predicted molar refractivity (Wildman–Crippen MR) is 64.7 cm³/mol. The van der Waals surface area contributed by atoms with Crippen LogP contribution in [-0.4, -0.2) is 10.1 Å². The quantitative estimate of drug-likeness (QED) is 0.714. The molecule has 0 aliphatic carbocycles. The fourth-order valence-corrected chi connectivity index (χ4v) is 1.21. The van der Waals surface area contributed by atoms with Gasteiger partial charge in [-0.1, -0.05) is 64.0 Å². The summed E-state index contributed by atoms with van der Waals surface area (Å²) in [5.74, 6) is 1.05. The van der Waals surface area contributed by atoms with Gasteiger partial charge in [-0.05, 0) is 12.2 Å². The third-order valence-corrected chi connectivity index (χ3v) is 2.41. The Morgan fingerprint density at radius 3 is 1.75 bits per heavy atom. The van der Waals surface area contributed by atoms with Crippen LogP contribution in [0.1, 0.15) is 46.5 Å². The van der Waals surface area contributed by atoms with E-state index in [1.165, 1.54) is 19.3 Å². The van der Waals surface area contributed by atoms with Gasteiger partial charge in [0.05, 0.1) is 0 Å². The van der Waals surface area contributed by atoms with E-state index < -0.39 is 0 Å². The summed E-state index contributed by atoms with van der Waals surface area (Å²) in [6.45, 7) is 6.53. The fraction of sp³-hybridized carbons (Fsp3) is 0.889. The summed E-state index contributed by atoms with van der Waals surface area (Å²) in [5.41, 5.74) is 5.17. The van der Waals surface area contributed by atoms with E-state index in [9.17, 15) is 0 Å². The molecule has 0 saturated carbocycles. The lowest BCUT2D eigenvalue weighted by atomic mass is 10.3. The molecule has 0 bridgehead atoms. The van der Waals surface area contributed by atoms with Crippen LogP contribution in [0, 0.1) is 0 Å². The van der Waals surface area contributed by atoms with Crippen molar-refractivity contribution in [2.75, 3.05) is 5.75 Å². The standard InChI is InChI=1S/C5H12.C4H9NS2/c1-3-5-4-2;1-2-3-7-4(5)6/h3-5H2,1-2H3;2-3H2,1H3,(H2,5,6). The molecule has 0 aromatic heterocycles. The summed E-state index contributed by atoms with van der Waals surface area (Å²) >= 11 is 6.14. The average Bonchev–Trinajstić information content (AvgIpc) is 2.03. The first-order valence-electron chi connectivity index (χ1n) is 4.61. The molecule has 0 radical (unpaired) electrons. The van der Waals surface area contributed by atoms with E-state index in [4.69, 9.17) is 5.73 Å². The Hall–Kier alpha value is 0.240. The summed E-state index contributed by atoms with van der Waals surface area (Å²) < 4.78 is 0.557. The number of hydrogen-bond donors (Lipinski definition) is 1. The Labute approximate surface area is 86.5 Å². The van der Waals surface area contributed by atoms with Gasteiger partial charge in [0.1, 0.15) is 4.32 Å². The van der Waals surface area contributed by atoms with Gasteiger partial charge in [0.15, 0.2) is 0 Å². The van der Waals surface area contributed by atoms with Gasteiger partial charge in [0.25, 0.3) is 0 Å². The van der Waals surface area contributed by atoms with Gasteiger partial charge >= 0.3 is 0 Å². The van der Waals surface area contributed by atoms with Crippen molar-refractivity contribution in [1.82, 2.24) is 0 Å². The van der Waals surface area contributed by atoms with E-state index in [0.29, 0.717) is 4.32 Å². The van der Waals surface area contributed by atoms with E-state index in [-0.39, 0.29) is 0 Å². The molecular formula is C9H21NS2. The highest BCUT2D eigenvalue weighted by Crippen LogP contribution is 1.99. The lowest BCUT2D eigenvalue weighted by Crippen LogP contribution is -2.01. The normalized spacial score (nSPS) is 8.58. The smallest absolute Gasteiger partial charge is 0.131 e. The van der Waals surface area contributed by atoms with Gasteiger partial charge < -0.3 is 5.73 Å². The molecule has 74 valence electrons. The number of nitrogens with two attached hydrogens (primary N) is 1. The number of thioether (sulfide) groups is 1. The topological polar surface area (TPSA) is 26.0 Å². The molecule has 0 aromatic carbocycles. The SMILES string of the molecule is CCCCC.CCCSC(N)=S. The summed E-state index contributed by atoms with van der Waals surface area (Å²) in [5, 5.41) is 0. The van der Waals surface area contributed by atoms with Crippen molar-refractivity contribution in [2.24, 2.45) is 5.73 Å². The molecule has 0 unspecified atom stereocenters. The monoisotopic (exact) mass is 207 g/mol. The lowest BCUT2D eigenvalue weighted by Gasteiger charge is -1.90.